The second kappa shape index (κ2) is 10.6. The van der Waals surface area contributed by atoms with Gasteiger partial charge in [-0.1, -0.05) is 152 Å². The van der Waals surface area contributed by atoms with Gasteiger partial charge in [-0.15, -0.1) is 22.7 Å². The maximum atomic E-state index is 2.44. The molecule has 0 saturated carbocycles. The van der Waals surface area contributed by atoms with Gasteiger partial charge in [0.2, 0.25) is 0 Å². The molecule has 0 fully saturated rings. The van der Waals surface area contributed by atoms with Crippen molar-refractivity contribution in [2.45, 2.75) is 0 Å². The van der Waals surface area contributed by atoms with Gasteiger partial charge in [0.1, 0.15) is 0 Å². The smallest absolute Gasteiger partial charge is 0.0447 e. The number of hydrogen-bond donors (Lipinski definition) is 0. The first-order valence-electron chi connectivity index (χ1n) is 14.2. The molecule has 0 saturated heterocycles. The predicted molar refractivity (Wildman–Crippen MR) is 184 cm³/mol. The summed E-state index contributed by atoms with van der Waals surface area (Å²) in [5, 5.41) is 2.67. The summed E-state index contributed by atoms with van der Waals surface area (Å²) >= 11 is 3.84. The summed E-state index contributed by atoms with van der Waals surface area (Å²) in [6.07, 6.45) is 0. The Morgan fingerprint density at radius 3 is 1.24 bits per heavy atom. The van der Waals surface area contributed by atoms with E-state index in [4.69, 9.17) is 0 Å². The molecule has 6 aromatic carbocycles. The molecular weight excluding hydrogens is 545 g/mol. The largest absolute Gasteiger partial charge is 0.135 e. The van der Waals surface area contributed by atoms with Crippen LogP contribution in [0, 0.1) is 0 Å². The minimum Gasteiger partial charge on any atom is -0.135 e. The molecule has 2 aromatic heterocycles. The van der Waals surface area contributed by atoms with Crippen molar-refractivity contribution in [3.05, 3.63) is 158 Å². The van der Waals surface area contributed by atoms with E-state index < -0.39 is 0 Å². The van der Waals surface area contributed by atoms with Crippen molar-refractivity contribution < 1.29 is 0 Å². The fraction of sp³-hybridized carbons (Fsp3) is 0. The van der Waals surface area contributed by atoms with E-state index in [9.17, 15) is 0 Å². The number of rotatable bonds is 5. The second-order valence-electron chi connectivity index (χ2n) is 10.4. The SMILES string of the molecule is c1ccc(-c2cc3c(s2)c(-c2ccccc2)c(-c2ccccc2)c2sc(-c4ccccc4)c(-c4ccccc4)c23)cc1. The van der Waals surface area contributed by atoms with Crippen LogP contribution in [-0.2, 0) is 0 Å². The molecule has 0 spiro atoms. The second-order valence-corrected chi connectivity index (χ2v) is 12.5. The Labute approximate surface area is 253 Å². The number of hydrogen-bond acceptors (Lipinski definition) is 2. The lowest BCUT2D eigenvalue weighted by Crippen LogP contribution is -1.88. The molecule has 0 N–H and O–H groups in total. The average molecular weight is 571 g/mol. The molecule has 0 bridgehead atoms. The van der Waals surface area contributed by atoms with Crippen molar-refractivity contribution in [1.82, 2.24) is 0 Å². The molecule has 8 aromatic rings. The van der Waals surface area contributed by atoms with Crippen LogP contribution in [0.25, 0.3) is 74.4 Å². The van der Waals surface area contributed by atoms with Crippen molar-refractivity contribution in [1.29, 1.82) is 0 Å². The van der Waals surface area contributed by atoms with E-state index in [-0.39, 0.29) is 0 Å². The number of thiophene rings is 2. The lowest BCUT2D eigenvalue weighted by molar-refractivity contribution is 1.65. The van der Waals surface area contributed by atoms with Crippen molar-refractivity contribution in [3.63, 3.8) is 0 Å². The third kappa shape index (κ3) is 4.19. The van der Waals surface area contributed by atoms with Crippen LogP contribution in [0.2, 0.25) is 0 Å². The Morgan fingerprint density at radius 1 is 0.333 bits per heavy atom. The van der Waals surface area contributed by atoms with E-state index in [2.05, 4.69) is 158 Å². The van der Waals surface area contributed by atoms with Gasteiger partial charge in [-0.3, -0.25) is 0 Å². The summed E-state index contributed by atoms with van der Waals surface area (Å²) in [6, 6.07) is 57.0. The molecular formula is C40H26S2. The minimum atomic E-state index is 1.25. The van der Waals surface area contributed by atoms with E-state index in [1.54, 1.807) is 0 Å². The molecule has 8 rings (SSSR count). The Balaban J connectivity index is 1.62. The quantitative estimate of drug-likeness (QED) is 0.193. The van der Waals surface area contributed by atoms with Crippen LogP contribution in [-0.4, -0.2) is 0 Å². The molecule has 0 radical (unpaired) electrons. The first kappa shape index (κ1) is 25.0. The molecule has 0 nitrogen and oxygen atoms in total. The van der Waals surface area contributed by atoms with Crippen molar-refractivity contribution in [2.24, 2.45) is 0 Å². The van der Waals surface area contributed by atoms with Gasteiger partial charge in [0, 0.05) is 46.6 Å². The zero-order chi connectivity index (χ0) is 27.9. The molecule has 2 heterocycles. The maximum Gasteiger partial charge on any atom is 0.0447 e. The molecule has 0 unspecified atom stereocenters. The van der Waals surface area contributed by atoms with Crippen molar-refractivity contribution in [2.75, 3.05) is 0 Å². The molecule has 42 heavy (non-hydrogen) atoms. The van der Waals surface area contributed by atoms with Gasteiger partial charge >= 0.3 is 0 Å². The van der Waals surface area contributed by atoms with E-state index in [1.807, 2.05) is 22.7 Å². The van der Waals surface area contributed by atoms with E-state index in [0.29, 0.717) is 0 Å². The highest BCUT2D eigenvalue weighted by Crippen LogP contribution is 2.56. The Morgan fingerprint density at radius 2 is 0.738 bits per heavy atom. The molecule has 0 aliphatic heterocycles. The molecule has 0 aliphatic rings. The van der Waals surface area contributed by atoms with Gasteiger partial charge in [0.05, 0.1) is 0 Å². The summed E-state index contributed by atoms with van der Waals surface area (Å²) in [7, 11) is 0. The van der Waals surface area contributed by atoms with Crippen LogP contribution in [0.15, 0.2) is 158 Å². The fourth-order valence-corrected chi connectivity index (χ4v) is 8.69. The average Bonchev–Trinajstić information content (AvgIpc) is 3.69. The monoisotopic (exact) mass is 570 g/mol. The maximum absolute atomic E-state index is 2.44. The normalized spacial score (nSPS) is 11.3. The molecule has 0 amide bonds. The fourth-order valence-electron chi connectivity index (χ4n) is 6.03. The highest BCUT2D eigenvalue weighted by atomic mass is 32.1. The standard InChI is InChI=1S/C40H26S2/c1-6-16-27(17-7-1)33-26-32-37-36(30-22-12-4-13-23-30)38(31-24-14-5-15-25-31)42-40(37)35(29-20-10-3-11-21-29)34(39(32)41-33)28-18-8-2-9-19-28/h1-26H. The van der Waals surface area contributed by atoms with E-state index >= 15 is 0 Å². The zero-order valence-corrected chi connectivity index (χ0v) is 24.5. The lowest BCUT2D eigenvalue weighted by Gasteiger charge is -2.15. The van der Waals surface area contributed by atoms with Crippen LogP contribution >= 0.6 is 22.7 Å². The van der Waals surface area contributed by atoms with Gasteiger partial charge in [0.25, 0.3) is 0 Å². The Kier molecular flexibility index (Phi) is 6.29. The van der Waals surface area contributed by atoms with Gasteiger partial charge < -0.3 is 0 Å². The van der Waals surface area contributed by atoms with Crippen molar-refractivity contribution >= 4 is 42.8 Å². The third-order valence-electron chi connectivity index (χ3n) is 7.90. The number of fused-ring (bicyclic) bond motifs is 3. The van der Waals surface area contributed by atoms with Crippen LogP contribution in [0.4, 0.5) is 0 Å². The summed E-state index contributed by atoms with van der Waals surface area (Å²) in [5.74, 6) is 0. The van der Waals surface area contributed by atoms with Gasteiger partial charge in [0.15, 0.2) is 0 Å². The van der Waals surface area contributed by atoms with Gasteiger partial charge in [-0.2, -0.15) is 0 Å². The zero-order valence-electron chi connectivity index (χ0n) is 22.8. The van der Waals surface area contributed by atoms with Crippen molar-refractivity contribution in [3.8, 4) is 54.3 Å². The van der Waals surface area contributed by atoms with Crippen LogP contribution < -0.4 is 0 Å². The highest BCUT2D eigenvalue weighted by molar-refractivity contribution is 7.25. The molecule has 198 valence electrons. The van der Waals surface area contributed by atoms with Crippen LogP contribution in [0.3, 0.4) is 0 Å². The van der Waals surface area contributed by atoms with Gasteiger partial charge in [-0.25, -0.2) is 0 Å². The molecule has 0 aliphatic carbocycles. The Bertz CT molecular complexity index is 2140. The summed E-state index contributed by atoms with van der Waals surface area (Å²) in [5.41, 5.74) is 10.2. The minimum absolute atomic E-state index is 1.25. The van der Waals surface area contributed by atoms with E-state index in [0.717, 1.165) is 0 Å². The first-order valence-corrected chi connectivity index (χ1v) is 15.8. The first-order chi connectivity index (χ1) is 20.9. The van der Waals surface area contributed by atoms with Crippen LogP contribution in [0.5, 0.6) is 0 Å². The van der Waals surface area contributed by atoms with E-state index in [1.165, 1.54) is 74.4 Å². The van der Waals surface area contributed by atoms with Gasteiger partial charge in [-0.05, 0) is 33.9 Å². The number of benzene rings is 6. The third-order valence-corrected chi connectivity index (χ3v) is 10.4. The molecule has 2 heteroatoms. The lowest BCUT2D eigenvalue weighted by atomic mass is 9.89. The topological polar surface area (TPSA) is 0 Å². The predicted octanol–water partition coefficient (Wildman–Crippen LogP) is 12.5. The summed E-state index contributed by atoms with van der Waals surface area (Å²) in [4.78, 5) is 2.61. The molecule has 0 atom stereocenters. The summed E-state index contributed by atoms with van der Waals surface area (Å²) in [6.45, 7) is 0. The van der Waals surface area contributed by atoms with Crippen LogP contribution in [0.1, 0.15) is 0 Å². The Hall–Kier alpha value is -4.76. The summed E-state index contributed by atoms with van der Waals surface area (Å²) < 4.78 is 2.67. The highest BCUT2D eigenvalue weighted by Gasteiger charge is 2.26.